The number of pyridine rings is 2. The molecule has 1 N–H and O–H groups in total. The Morgan fingerprint density at radius 3 is 2.68 bits per heavy atom. The molecule has 0 amide bonds. The van der Waals surface area contributed by atoms with Crippen LogP contribution in [0.25, 0.3) is 22.3 Å². The van der Waals surface area contributed by atoms with Gasteiger partial charge in [-0.25, -0.2) is 4.98 Å². The summed E-state index contributed by atoms with van der Waals surface area (Å²) in [6, 6.07) is 7.44. The molecule has 0 aliphatic carbocycles. The Kier molecular flexibility index (Phi) is 4.08. The molecule has 0 fully saturated rings. The van der Waals surface area contributed by atoms with Crippen LogP contribution in [0.2, 0.25) is 0 Å². The highest BCUT2D eigenvalue weighted by Crippen LogP contribution is 2.44. The molecule has 2 aliphatic rings. The van der Waals surface area contributed by atoms with E-state index < -0.39 is 28.9 Å². The number of aliphatic hydroxyl groups is 1. The number of aromatic nitrogens is 2. The zero-order valence-corrected chi connectivity index (χ0v) is 16.4. The van der Waals surface area contributed by atoms with Crippen LogP contribution in [0.4, 0.5) is 13.2 Å². The van der Waals surface area contributed by atoms with E-state index in [-0.39, 0.29) is 65.0 Å². The molecular weight excluding hydrogens is 413 g/mol. The number of hydrogen-bond donors (Lipinski definition) is 1. The lowest BCUT2D eigenvalue weighted by molar-refractivity contribution is -0.149. The Hall–Kier alpha value is -3.20. The highest BCUT2D eigenvalue weighted by Gasteiger charge is 2.42. The van der Waals surface area contributed by atoms with E-state index in [1.807, 2.05) is 0 Å². The van der Waals surface area contributed by atoms with E-state index in [0.29, 0.717) is 0 Å². The van der Waals surface area contributed by atoms with Crippen LogP contribution in [0.5, 0.6) is 0 Å². The molecule has 1 atom stereocenters. The molecule has 6 nitrogen and oxygen atoms in total. The Bertz CT molecular complexity index is 1330. The van der Waals surface area contributed by atoms with E-state index in [0.717, 1.165) is 0 Å². The molecule has 2 aliphatic heterocycles. The van der Waals surface area contributed by atoms with Crippen LogP contribution < -0.4 is 5.56 Å². The largest absolute Gasteiger partial charge is 0.460 e. The summed E-state index contributed by atoms with van der Waals surface area (Å²) in [6.45, 7) is 1.02. The van der Waals surface area contributed by atoms with Crippen molar-refractivity contribution >= 4 is 16.9 Å². The minimum atomic E-state index is -4.64. The standard InChI is InChI=1S/C22H17F3N2O4/c1-2-21(30)8-17(28)31-10-13-14(21)7-16-19-12(9-27(16)20(13)29)18(22(23,24)25)11-5-3-4-6-15(11)26-19/h3-7,30H,2,8-10H2,1H3. The van der Waals surface area contributed by atoms with Crippen molar-refractivity contribution in [3.8, 4) is 11.4 Å². The van der Waals surface area contributed by atoms with Crippen molar-refractivity contribution in [1.82, 2.24) is 9.55 Å². The van der Waals surface area contributed by atoms with Crippen LogP contribution in [-0.4, -0.2) is 20.6 Å². The fourth-order valence-electron chi connectivity index (χ4n) is 4.55. The minimum Gasteiger partial charge on any atom is -0.460 e. The average molecular weight is 430 g/mol. The Balaban J connectivity index is 1.85. The first-order chi connectivity index (χ1) is 14.6. The second kappa shape index (κ2) is 6.40. The third-order valence-corrected chi connectivity index (χ3v) is 6.14. The van der Waals surface area contributed by atoms with Gasteiger partial charge in [0.15, 0.2) is 0 Å². The van der Waals surface area contributed by atoms with Gasteiger partial charge in [0, 0.05) is 10.9 Å². The van der Waals surface area contributed by atoms with Crippen LogP contribution in [0.15, 0.2) is 35.1 Å². The van der Waals surface area contributed by atoms with Gasteiger partial charge in [0.25, 0.3) is 5.56 Å². The zero-order chi connectivity index (χ0) is 22.1. The number of cyclic esters (lactones) is 1. The number of nitrogens with zero attached hydrogens (tertiary/aromatic N) is 2. The third-order valence-electron chi connectivity index (χ3n) is 6.14. The zero-order valence-electron chi connectivity index (χ0n) is 16.4. The summed E-state index contributed by atoms with van der Waals surface area (Å²) in [5, 5.41) is 11.1. The number of rotatable bonds is 1. The van der Waals surface area contributed by atoms with E-state index in [1.54, 1.807) is 13.0 Å². The summed E-state index contributed by atoms with van der Waals surface area (Å²) in [5.74, 6) is -0.644. The SMILES string of the molecule is CCC1(O)CC(=O)OCc2c1cc1n(c2=O)Cc2c-1nc1ccccc1c2C(F)(F)F. The van der Waals surface area contributed by atoms with Gasteiger partial charge in [-0.1, -0.05) is 25.1 Å². The van der Waals surface area contributed by atoms with E-state index in [4.69, 9.17) is 4.74 Å². The van der Waals surface area contributed by atoms with Crippen LogP contribution in [0, 0.1) is 0 Å². The summed E-state index contributed by atoms with van der Waals surface area (Å²) in [6.07, 6.45) is -4.86. The number of carbonyl (C=O) groups is 1. The quantitative estimate of drug-likeness (QED) is 0.468. The number of para-hydroxylation sites is 1. The van der Waals surface area contributed by atoms with Crippen molar-refractivity contribution in [2.24, 2.45) is 0 Å². The van der Waals surface area contributed by atoms with Gasteiger partial charge in [-0.2, -0.15) is 13.2 Å². The number of ether oxygens (including phenoxy) is 1. The van der Waals surface area contributed by atoms with Crippen LogP contribution in [0.3, 0.4) is 0 Å². The molecule has 0 radical (unpaired) electrons. The van der Waals surface area contributed by atoms with Gasteiger partial charge >= 0.3 is 12.1 Å². The van der Waals surface area contributed by atoms with E-state index in [1.165, 1.54) is 28.8 Å². The molecule has 0 spiro atoms. The maximum absolute atomic E-state index is 14.1. The van der Waals surface area contributed by atoms with Gasteiger partial charge in [0.2, 0.25) is 0 Å². The van der Waals surface area contributed by atoms with Crippen molar-refractivity contribution in [3.63, 3.8) is 0 Å². The van der Waals surface area contributed by atoms with Crippen molar-refractivity contribution in [2.45, 2.75) is 44.7 Å². The second-order valence-electron chi connectivity index (χ2n) is 7.86. The first-order valence-corrected chi connectivity index (χ1v) is 9.78. The monoisotopic (exact) mass is 430 g/mol. The molecule has 9 heteroatoms. The Labute approximate surface area is 173 Å². The fourth-order valence-corrected chi connectivity index (χ4v) is 4.55. The fraction of sp³-hybridized carbons (Fsp3) is 0.318. The maximum atomic E-state index is 14.1. The van der Waals surface area contributed by atoms with Gasteiger partial charge in [0.05, 0.1) is 41.0 Å². The molecule has 3 aromatic rings. The number of benzene rings is 1. The summed E-state index contributed by atoms with van der Waals surface area (Å²) < 4.78 is 48.5. The van der Waals surface area contributed by atoms with Gasteiger partial charge in [0.1, 0.15) is 12.2 Å². The van der Waals surface area contributed by atoms with Gasteiger partial charge in [-0.05, 0) is 24.1 Å². The number of carbonyl (C=O) groups excluding carboxylic acids is 1. The molecule has 2 aromatic heterocycles. The third kappa shape index (κ3) is 2.79. The molecule has 0 saturated heterocycles. The van der Waals surface area contributed by atoms with E-state index in [9.17, 15) is 27.9 Å². The molecule has 5 rings (SSSR count). The molecule has 0 saturated carbocycles. The summed E-state index contributed by atoms with van der Waals surface area (Å²) in [4.78, 5) is 29.6. The minimum absolute atomic E-state index is 0.0323. The Morgan fingerprint density at radius 1 is 1.23 bits per heavy atom. The van der Waals surface area contributed by atoms with Gasteiger partial charge in [-0.3, -0.25) is 9.59 Å². The maximum Gasteiger partial charge on any atom is 0.417 e. The molecule has 1 unspecified atom stereocenters. The van der Waals surface area contributed by atoms with Crippen molar-refractivity contribution in [1.29, 1.82) is 0 Å². The molecule has 4 heterocycles. The predicted molar refractivity (Wildman–Crippen MR) is 104 cm³/mol. The highest BCUT2D eigenvalue weighted by atomic mass is 19.4. The molecule has 31 heavy (non-hydrogen) atoms. The van der Waals surface area contributed by atoms with Gasteiger partial charge in [-0.15, -0.1) is 0 Å². The first-order valence-electron chi connectivity index (χ1n) is 9.78. The normalized spacial score (nSPS) is 20.1. The lowest BCUT2D eigenvalue weighted by Gasteiger charge is -2.26. The lowest BCUT2D eigenvalue weighted by atomic mass is 9.85. The summed E-state index contributed by atoms with van der Waals surface area (Å²) in [5.41, 5.74) is -2.46. The lowest BCUT2D eigenvalue weighted by Crippen LogP contribution is -2.32. The first kappa shape index (κ1) is 19.7. The van der Waals surface area contributed by atoms with Gasteiger partial charge < -0.3 is 14.4 Å². The van der Waals surface area contributed by atoms with Crippen molar-refractivity contribution in [2.75, 3.05) is 0 Å². The average Bonchev–Trinajstić information content (AvgIpc) is 3.01. The topological polar surface area (TPSA) is 81.4 Å². The number of hydrogen-bond acceptors (Lipinski definition) is 5. The molecule has 1 aromatic carbocycles. The second-order valence-corrected chi connectivity index (χ2v) is 7.86. The number of fused-ring (bicyclic) bond motifs is 5. The summed E-state index contributed by atoms with van der Waals surface area (Å²) >= 11 is 0. The summed E-state index contributed by atoms with van der Waals surface area (Å²) in [7, 11) is 0. The molecule has 160 valence electrons. The van der Waals surface area contributed by atoms with Crippen molar-refractivity contribution in [3.05, 3.63) is 62.9 Å². The van der Waals surface area contributed by atoms with E-state index >= 15 is 0 Å². The molecule has 0 bridgehead atoms. The smallest absolute Gasteiger partial charge is 0.417 e. The van der Waals surface area contributed by atoms with Crippen LogP contribution in [0.1, 0.15) is 42.0 Å². The number of halogens is 3. The predicted octanol–water partition coefficient (Wildman–Crippen LogP) is 3.49. The highest BCUT2D eigenvalue weighted by molar-refractivity contribution is 5.88. The number of esters is 1. The Morgan fingerprint density at radius 2 is 1.97 bits per heavy atom. The number of alkyl halides is 3. The van der Waals surface area contributed by atoms with Crippen LogP contribution in [-0.2, 0) is 34.5 Å². The van der Waals surface area contributed by atoms with Crippen LogP contribution >= 0.6 is 0 Å². The molecular formula is C22H17F3N2O4. The van der Waals surface area contributed by atoms with Crippen molar-refractivity contribution < 1.29 is 27.8 Å². The van der Waals surface area contributed by atoms with E-state index in [2.05, 4.69) is 4.98 Å².